The molecular formula is C17H14F6O2. The second-order valence-electron chi connectivity index (χ2n) is 5.39. The van der Waals surface area contributed by atoms with Crippen LogP contribution in [-0.4, -0.2) is 11.7 Å². The van der Waals surface area contributed by atoms with Gasteiger partial charge in [0, 0.05) is 0 Å². The van der Waals surface area contributed by atoms with Crippen LogP contribution in [-0.2, 0) is 12.4 Å². The molecule has 0 radical (unpaired) electrons. The number of aliphatic hydroxyl groups is 1. The number of alkyl halides is 6. The smallest absolute Gasteiger partial charge is 0.416 e. The summed E-state index contributed by atoms with van der Waals surface area (Å²) in [6.07, 6.45) is -10.2. The number of aryl methyl sites for hydroxylation is 1. The van der Waals surface area contributed by atoms with Gasteiger partial charge in [-0.05, 0) is 48.4 Å². The minimum Gasteiger partial charge on any atom is -0.483 e. The predicted molar refractivity (Wildman–Crippen MR) is 78.1 cm³/mol. The van der Waals surface area contributed by atoms with Crippen LogP contribution in [0.15, 0.2) is 42.5 Å². The number of ether oxygens (including phenoxy) is 1. The molecule has 1 N–H and O–H groups in total. The molecule has 0 aliphatic rings. The summed E-state index contributed by atoms with van der Waals surface area (Å²) in [5.41, 5.74) is -1.55. The maximum Gasteiger partial charge on any atom is 0.416 e. The average Bonchev–Trinajstić information content (AvgIpc) is 2.52. The minimum absolute atomic E-state index is 0.0458. The third-order valence-electron chi connectivity index (χ3n) is 3.52. The first-order chi connectivity index (χ1) is 11.5. The summed E-state index contributed by atoms with van der Waals surface area (Å²) in [4.78, 5) is 0. The number of benzene rings is 2. The molecule has 0 heterocycles. The van der Waals surface area contributed by atoms with E-state index in [-0.39, 0.29) is 16.9 Å². The third kappa shape index (κ3) is 4.66. The molecule has 1 unspecified atom stereocenters. The largest absolute Gasteiger partial charge is 0.483 e. The fraction of sp³-hybridized carbons (Fsp3) is 0.294. The molecule has 0 aliphatic carbocycles. The van der Waals surface area contributed by atoms with Crippen molar-refractivity contribution in [2.24, 2.45) is 0 Å². The lowest BCUT2D eigenvalue weighted by Crippen LogP contribution is -2.15. The van der Waals surface area contributed by atoms with Gasteiger partial charge in [0.15, 0.2) is 0 Å². The van der Waals surface area contributed by atoms with Gasteiger partial charge in [-0.15, -0.1) is 0 Å². The van der Waals surface area contributed by atoms with Crippen LogP contribution in [0.25, 0.3) is 0 Å². The molecule has 0 aliphatic heterocycles. The second kappa shape index (κ2) is 6.95. The molecule has 0 spiro atoms. The minimum atomic E-state index is -4.56. The summed E-state index contributed by atoms with van der Waals surface area (Å²) in [6, 6.07) is 6.98. The van der Waals surface area contributed by atoms with Crippen molar-refractivity contribution in [3.8, 4) is 5.75 Å². The van der Waals surface area contributed by atoms with Crippen molar-refractivity contribution in [2.45, 2.75) is 25.4 Å². The molecule has 2 nitrogen and oxygen atoms in total. The highest BCUT2D eigenvalue weighted by atomic mass is 19.4. The van der Waals surface area contributed by atoms with Crippen molar-refractivity contribution in [3.63, 3.8) is 0 Å². The van der Waals surface area contributed by atoms with E-state index in [1.165, 1.54) is 19.1 Å². The summed E-state index contributed by atoms with van der Waals surface area (Å²) in [5.74, 6) is 0.0458. The van der Waals surface area contributed by atoms with Crippen molar-refractivity contribution in [1.29, 1.82) is 0 Å². The third-order valence-corrected chi connectivity index (χ3v) is 3.52. The van der Waals surface area contributed by atoms with Crippen LogP contribution >= 0.6 is 0 Å². The quantitative estimate of drug-likeness (QED) is 0.761. The van der Waals surface area contributed by atoms with E-state index < -0.39 is 36.2 Å². The van der Waals surface area contributed by atoms with E-state index in [1.807, 2.05) is 0 Å². The zero-order chi connectivity index (χ0) is 18.8. The van der Waals surface area contributed by atoms with E-state index in [9.17, 15) is 31.4 Å². The molecule has 0 aromatic heterocycles. The number of halogens is 6. The lowest BCUT2D eigenvalue weighted by molar-refractivity contribution is -0.138. The fourth-order valence-corrected chi connectivity index (χ4v) is 2.24. The Morgan fingerprint density at radius 2 is 1.52 bits per heavy atom. The van der Waals surface area contributed by atoms with Crippen molar-refractivity contribution in [1.82, 2.24) is 0 Å². The first kappa shape index (κ1) is 19.1. The summed E-state index contributed by atoms with van der Waals surface area (Å²) in [5, 5.41) is 9.42. The van der Waals surface area contributed by atoms with Gasteiger partial charge in [-0.25, -0.2) is 0 Å². The molecule has 1 atom stereocenters. The number of aliphatic hydroxyl groups excluding tert-OH is 1. The maximum absolute atomic E-state index is 12.8. The molecule has 0 bridgehead atoms. The predicted octanol–water partition coefficient (Wildman–Crippen LogP) is 5.15. The van der Waals surface area contributed by atoms with Crippen LogP contribution in [0.2, 0.25) is 0 Å². The monoisotopic (exact) mass is 364 g/mol. The van der Waals surface area contributed by atoms with Crippen LogP contribution in [0.4, 0.5) is 26.3 Å². The summed E-state index contributed by atoms with van der Waals surface area (Å²) < 4.78 is 81.7. The number of rotatable bonds is 4. The van der Waals surface area contributed by atoms with Gasteiger partial charge in [-0.2, -0.15) is 26.3 Å². The molecule has 0 amide bonds. The first-order valence-corrected chi connectivity index (χ1v) is 7.15. The van der Waals surface area contributed by atoms with Gasteiger partial charge < -0.3 is 9.84 Å². The van der Waals surface area contributed by atoms with Crippen LogP contribution in [0, 0.1) is 6.92 Å². The molecule has 2 aromatic rings. The highest BCUT2D eigenvalue weighted by Gasteiger charge is 2.32. The van der Waals surface area contributed by atoms with Gasteiger partial charge in [-0.3, -0.25) is 0 Å². The molecule has 2 rings (SSSR count). The molecule has 25 heavy (non-hydrogen) atoms. The van der Waals surface area contributed by atoms with E-state index in [0.717, 1.165) is 30.3 Å². The van der Waals surface area contributed by atoms with Gasteiger partial charge in [0.2, 0.25) is 0 Å². The fourth-order valence-electron chi connectivity index (χ4n) is 2.24. The van der Waals surface area contributed by atoms with Gasteiger partial charge in [0.1, 0.15) is 11.9 Å². The molecule has 0 saturated carbocycles. The Kier molecular flexibility index (Phi) is 5.31. The zero-order valence-electron chi connectivity index (χ0n) is 12.9. The summed E-state index contributed by atoms with van der Waals surface area (Å²) in [6.45, 7) is 0.743. The van der Waals surface area contributed by atoms with Crippen molar-refractivity contribution in [3.05, 3.63) is 64.7 Å². The number of hydrogen-bond acceptors (Lipinski definition) is 2. The van der Waals surface area contributed by atoms with E-state index in [4.69, 9.17) is 4.74 Å². The molecule has 2 aromatic carbocycles. The molecular weight excluding hydrogens is 350 g/mol. The normalized spacial score (nSPS) is 13.6. The Morgan fingerprint density at radius 1 is 0.920 bits per heavy atom. The summed E-state index contributed by atoms with van der Waals surface area (Å²) >= 11 is 0. The lowest BCUT2D eigenvalue weighted by Gasteiger charge is -2.20. The van der Waals surface area contributed by atoms with Crippen LogP contribution in [0.5, 0.6) is 5.75 Å². The summed E-state index contributed by atoms with van der Waals surface area (Å²) in [7, 11) is 0. The van der Waals surface area contributed by atoms with Crippen molar-refractivity contribution < 1.29 is 36.2 Å². The van der Waals surface area contributed by atoms with E-state index in [1.54, 1.807) is 0 Å². The standard InChI is InChI=1S/C17H14F6O2/c1-10-7-13(17(21,22)23)5-6-14(10)25-15(9-24)11-3-2-4-12(8-11)16(18,19)20/h2-8,15,24H,9H2,1H3. The average molecular weight is 364 g/mol. The Hall–Kier alpha value is -2.22. The molecule has 136 valence electrons. The van der Waals surface area contributed by atoms with Crippen LogP contribution in [0.1, 0.15) is 28.4 Å². The van der Waals surface area contributed by atoms with Crippen molar-refractivity contribution in [2.75, 3.05) is 6.61 Å². The van der Waals surface area contributed by atoms with E-state index in [2.05, 4.69) is 0 Å². The highest BCUT2D eigenvalue weighted by Crippen LogP contribution is 2.35. The highest BCUT2D eigenvalue weighted by molar-refractivity contribution is 5.38. The maximum atomic E-state index is 12.8. The lowest BCUT2D eigenvalue weighted by atomic mass is 10.1. The second-order valence-corrected chi connectivity index (χ2v) is 5.39. The van der Waals surface area contributed by atoms with Gasteiger partial charge in [0.25, 0.3) is 0 Å². The zero-order valence-corrected chi connectivity index (χ0v) is 12.9. The van der Waals surface area contributed by atoms with Crippen LogP contribution in [0.3, 0.4) is 0 Å². The molecule has 8 heteroatoms. The topological polar surface area (TPSA) is 29.5 Å². The first-order valence-electron chi connectivity index (χ1n) is 7.15. The van der Waals surface area contributed by atoms with Crippen molar-refractivity contribution >= 4 is 0 Å². The van der Waals surface area contributed by atoms with E-state index in [0.29, 0.717) is 0 Å². The molecule has 0 fully saturated rings. The van der Waals surface area contributed by atoms with Crippen LogP contribution < -0.4 is 4.74 Å². The Labute approximate surface area is 139 Å². The van der Waals surface area contributed by atoms with E-state index >= 15 is 0 Å². The Bertz CT molecular complexity index is 737. The number of hydrogen-bond donors (Lipinski definition) is 1. The Balaban J connectivity index is 2.29. The Morgan fingerprint density at radius 3 is 2.04 bits per heavy atom. The molecule has 0 saturated heterocycles. The SMILES string of the molecule is Cc1cc(C(F)(F)F)ccc1OC(CO)c1cccc(C(F)(F)F)c1. The van der Waals surface area contributed by atoms with Gasteiger partial charge in [0.05, 0.1) is 17.7 Å². The van der Waals surface area contributed by atoms with Gasteiger partial charge in [-0.1, -0.05) is 12.1 Å². The van der Waals surface area contributed by atoms with Gasteiger partial charge >= 0.3 is 12.4 Å².